The molecule has 1 aliphatic heterocycles. The van der Waals surface area contributed by atoms with Gasteiger partial charge in [-0.2, -0.15) is 0 Å². The van der Waals surface area contributed by atoms with Crippen LogP contribution in [0.2, 0.25) is 0 Å². The predicted molar refractivity (Wildman–Crippen MR) is 91.5 cm³/mol. The molecule has 0 radical (unpaired) electrons. The van der Waals surface area contributed by atoms with Crippen LogP contribution in [0.15, 0.2) is 53.7 Å². The van der Waals surface area contributed by atoms with Crippen molar-refractivity contribution >= 4 is 10.8 Å². The van der Waals surface area contributed by atoms with E-state index in [0.29, 0.717) is 0 Å². The average molecular weight is 325 g/mol. The first-order chi connectivity index (χ1) is 11.2. The van der Waals surface area contributed by atoms with E-state index >= 15 is 0 Å². The van der Waals surface area contributed by atoms with E-state index in [-0.39, 0.29) is 0 Å². The number of aromatic nitrogens is 3. The Hall–Kier alpha value is -2.27. The monoisotopic (exact) mass is 325 g/mol. The highest BCUT2D eigenvalue weighted by atomic mass is 32.2. The van der Waals surface area contributed by atoms with Crippen LogP contribution in [0.25, 0.3) is 22.5 Å². The van der Waals surface area contributed by atoms with Crippen LogP contribution in [0.1, 0.15) is 12.2 Å². The highest BCUT2D eigenvalue weighted by Gasteiger charge is 2.23. The lowest BCUT2D eigenvalue weighted by Crippen LogP contribution is -1.96. The zero-order valence-electron chi connectivity index (χ0n) is 12.9. The number of hydrogen-bond acceptors (Lipinski definition) is 3. The maximum absolute atomic E-state index is 11.6. The fraction of sp³-hybridized carbons (Fsp3) is 0.222. The highest BCUT2D eigenvalue weighted by Crippen LogP contribution is 2.35. The minimum absolute atomic E-state index is 0.839. The molecule has 0 spiro atoms. The van der Waals surface area contributed by atoms with Crippen molar-refractivity contribution in [1.82, 2.24) is 14.5 Å². The molecule has 0 N–H and O–H groups in total. The molecule has 0 aliphatic carbocycles. The molecule has 1 aromatic carbocycles. The molecule has 1 unspecified atom stereocenters. The first-order valence-electron chi connectivity index (χ1n) is 7.68. The summed E-state index contributed by atoms with van der Waals surface area (Å²) in [5.74, 6) is 1.15. The molecule has 2 aromatic heterocycles. The van der Waals surface area contributed by atoms with Gasteiger partial charge in [0, 0.05) is 58.4 Å². The van der Waals surface area contributed by atoms with E-state index in [0.717, 1.165) is 52.6 Å². The number of nitrogens with zero attached hydrogens (tertiary/aromatic N) is 3. The first-order valence-corrected chi connectivity index (χ1v) is 9.23. The summed E-state index contributed by atoms with van der Waals surface area (Å²) in [5.41, 5.74) is 4.36. The Labute approximate surface area is 137 Å². The number of rotatable bonds is 3. The van der Waals surface area contributed by atoms with Crippen molar-refractivity contribution < 1.29 is 4.21 Å². The second kappa shape index (κ2) is 5.74. The molecule has 3 aromatic rings. The molecule has 0 fully saturated rings. The quantitative estimate of drug-likeness (QED) is 0.742. The van der Waals surface area contributed by atoms with Gasteiger partial charge in [-0.3, -0.25) is 9.19 Å². The Kier molecular flexibility index (Phi) is 3.58. The van der Waals surface area contributed by atoms with Crippen molar-refractivity contribution in [3.05, 3.63) is 54.6 Å². The van der Waals surface area contributed by atoms with E-state index in [1.54, 1.807) is 6.26 Å². The van der Waals surface area contributed by atoms with E-state index in [4.69, 9.17) is 4.98 Å². The zero-order chi connectivity index (χ0) is 15.8. The Morgan fingerprint density at radius 2 is 2.00 bits per heavy atom. The van der Waals surface area contributed by atoms with Crippen LogP contribution in [0.4, 0.5) is 0 Å². The number of benzene rings is 1. The lowest BCUT2D eigenvalue weighted by molar-refractivity contribution is 0.687. The molecular formula is C18H17N3OS. The topological polar surface area (TPSA) is 47.8 Å². The summed E-state index contributed by atoms with van der Waals surface area (Å²) >= 11 is 0. The minimum atomic E-state index is -0.958. The minimum Gasteiger partial charge on any atom is -0.327 e. The summed E-state index contributed by atoms with van der Waals surface area (Å²) < 4.78 is 13.9. The molecule has 0 amide bonds. The summed E-state index contributed by atoms with van der Waals surface area (Å²) in [6, 6.07) is 11.9. The number of aryl methyl sites for hydroxylation is 1. The highest BCUT2D eigenvalue weighted by molar-refractivity contribution is 7.84. The summed E-state index contributed by atoms with van der Waals surface area (Å²) in [7, 11) is -0.958. The van der Waals surface area contributed by atoms with Gasteiger partial charge in [0.1, 0.15) is 5.82 Å². The molecule has 23 heavy (non-hydrogen) atoms. The lowest BCUT2D eigenvalue weighted by Gasteiger charge is -2.08. The van der Waals surface area contributed by atoms with Gasteiger partial charge in [-0.05, 0) is 30.7 Å². The van der Waals surface area contributed by atoms with Gasteiger partial charge >= 0.3 is 0 Å². The zero-order valence-corrected chi connectivity index (χ0v) is 13.7. The van der Waals surface area contributed by atoms with Crippen LogP contribution in [0.3, 0.4) is 0 Å². The van der Waals surface area contributed by atoms with Crippen LogP contribution >= 0.6 is 0 Å². The molecule has 5 heteroatoms. The van der Waals surface area contributed by atoms with Crippen LogP contribution in [-0.4, -0.2) is 25.0 Å². The lowest BCUT2D eigenvalue weighted by atomic mass is 10.1. The molecule has 1 atom stereocenters. The SMILES string of the molecule is CS(=O)c1ccc(-c2nc3n(c2-c2ccn[14cH]c2)CCC3)cc1. The van der Waals surface area contributed by atoms with Gasteiger partial charge in [-0.1, -0.05) is 12.1 Å². The third kappa shape index (κ3) is 2.51. The standard InChI is InChI=1S/C18H17N3OS/c1-23(22)15-6-4-13(5-7-15)17-18(14-8-10-19-11-9-14)21-12-2-3-16(21)20-17/h4-11H,2-3,12H2,1H3/i10+2. The summed E-state index contributed by atoms with van der Waals surface area (Å²) in [6.07, 6.45) is 7.50. The molecule has 0 bridgehead atoms. The number of imidazole rings is 1. The Morgan fingerprint density at radius 3 is 2.70 bits per heavy atom. The maximum atomic E-state index is 11.6. The van der Waals surface area contributed by atoms with E-state index in [1.165, 1.54) is 0 Å². The van der Waals surface area contributed by atoms with Gasteiger partial charge in [-0.15, -0.1) is 0 Å². The number of fused-ring (bicyclic) bond motifs is 1. The van der Waals surface area contributed by atoms with Gasteiger partial charge in [0.25, 0.3) is 0 Å². The van der Waals surface area contributed by atoms with Gasteiger partial charge in [0.05, 0.1) is 11.4 Å². The molecular weight excluding hydrogens is 308 g/mol. The van der Waals surface area contributed by atoms with Crippen molar-refractivity contribution in [3.8, 4) is 22.5 Å². The summed E-state index contributed by atoms with van der Waals surface area (Å²) in [5, 5.41) is 0. The van der Waals surface area contributed by atoms with Gasteiger partial charge in [0.2, 0.25) is 0 Å². The van der Waals surface area contributed by atoms with Crippen LogP contribution in [0, 0.1) is 0 Å². The van der Waals surface area contributed by atoms with E-state index in [1.807, 2.05) is 48.8 Å². The van der Waals surface area contributed by atoms with Crippen molar-refractivity contribution in [1.29, 1.82) is 0 Å². The van der Waals surface area contributed by atoms with Gasteiger partial charge in [0.15, 0.2) is 0 Å². The van der Waals surface area contributed by atoms with Crippen LogP contribution < -0.4 is 0 Å². The van der Waals surface area contributed by atoms with Crippen molar-refractivity contribution in [3.63, 3.8) is 0 Å². The smallest absolute Gasteiger partial charge is 0.109 e. The van der Waals surface area contributed by atoms with Crippen LogP contribution in [-0.2, 0) is 23.8 Å². The molecule has 3 heterocycles. The number of hydrogen-bond donors (Lipinski definition) is 0. The fourth-order valence-electron chi connectivity index (χ4n) is 3.13. The molecule has 1 aliphatic rings. The van der Waals surface area contributed by atoms with Crippen molar-refractivity contribution in [2.75, 3.05) is 6.26 Å². The van der Waals surface area contributed by atoms with Gasteiger partial charge in [-0.25, -0.2) is 4.98 Å². The summed E-state index contributed by atoms with van der Waals surface area (Å²) in [4.78, 5) is 9.84. The Balaban J connectivity index is 1.87. The average Bonchev–Trinajstić information content (AvgIpc) is 3.16. The second-order valence-corrected chi connectivity index (χ2v) is 7.07. The fourth-order valence-corrected chi connectivity index (χ4v) is 3.65. The van der Waals surface area contributed by atoms with E-state index < -0.39 is 10.8 Å². The first kappa shape index (κ1) is 14.3. The molecule has 4 rings (SSSR count). The van der Waals surface area contributed by atoms with Crippen molar-refractivity contribution in [2.45, 2.75) is 24.3 Å². The van der Waals surface area contributed by atoms with E-state index in [2.05, 4.69) is 9.55 Å². The molecule has 0 saturated carbocycles. The largest absolute Gasteiger partial charge is 0.327 e. The third-order valence-corrected chi connectivity index (χ3v) is 5.18. The predicted octanol–water partition coefficient (Wildman–Crippen LogP) is 3.30. The second-order valence-electron chi connectivity index (χ2n) is 5.69. The number of pyridine rings is 1. The Bertz CT molecular complexity index is 869. The molecule has 116 valence electrons. The maximum Gasteiger partial charge on any atom is 0.109 e. The molecule has 0 saturated heterocycles. The van der Waals surface area contributed by atoms with Gasteiger partial charge < -0.3 is 4.57 Å². The molecule has 4 nitrogen and oxygen atoms in total. The third-order valence-electron chi connectivity index (χ3n) is 4.24. The summed E-state index contributed by atoms with van der Waals surface area (Å²) in [6.45, 7) is 1.01. The van der Waals surface area contributed by atoms with Crippen molar-refractivity contribution in [2.24, 2.45) is 0 Å². The van der Waals surface area contributed by atoms with E-state index in [9.17, 15) is 4.21 Å². The normalized spacial score (nSPS) is 14.7. The Morgan fingerprint density at radius 1 is 1.17 bits per heavy atom. The van der Waals surface area contributed by atoms with Crippen LogP contribution in [0.5, 0.6) is 0 Å².